The Hall–Kier alpha value is -2.63. The molecule has 1 aliphatic carbocycles. The van der Waals surface area contributed by atoms with Crippen molar-refractivity contribution in [1.29, 1.82) is 0 Å². The first-order valence-corrected chi connectivity index (χ1v) is 9.12. The van der Waals surface area contributed by atoms with E-state index < -0.39 is 0 Å². The third-order valence-corrected chi connectivity index (χ3v) is 5.19. The van der Waals surface area contributed by atoms with E-state index in [1.165, 1.54) is 0 Å². The Balaban J connectivity index is 1.35. The quantitative estimate of drug-likeness (QED) is 0.773. The first-order chi connectivity index (χ1) is 12.7. The maximum atomic E-state index is 12.5. The van der Waals surface area contributed by atoms with Gasteiger partial charge in [0.15, 0.2) is 5.82 Å². The Labute approximate surface area is 152 Å². The van der Waals surface area contributed by atoms with Gasteiger partial charge >= 0.3 is 0 Å². The van der Waals surface area contributed by atoms with E-state index in [1.807, 2.05) is 29.2 Å². The summed E-state index contributed by atoms with van der Waals surface area (Å²) < 4.78 is 10.8. The van der Waals surface area contributed by atoms with Crippen LogP contribution in [0.1, 0.15) is 42.5 Å². The Morgan fingerprint density at radius 3 is 2.92 bits per heavy atom. The van der Waals surface area contributed by atoms with Crippen LogP contribution in [0.4, 0.5) is 0 Å². The predicted molar refractivity (Wildman–Crippen MR) is 95.9 cm³/mol. The minimum absolute atomic E-state index is 0.143. The predicted octanol–water partition coefficient (Wildman–Crippen LogP) is 2.95. The van der Waals surface area contributed by atoms with E-state index in [1.54, 1.807) is 7.11 Å². The number of methoxy groups -OCH3 is 1. The van der Waals surface area contributed by atoms with Crippen LogP contribution in [-0.4, -0.2) is 41.1 Å². The SMILES string of the molecule is COc1ccccc1Cc1noc(C2CN(C(=O)[C@H]3CC=CCC3)C2)n1. The van der Waals surface area contributed by atoms with Crippen molar-refractivity contribution < 1.29 is 14.1 Å². The van der Waals surface area contributed by atoms with Crippen molar-refractivity contribution in [3.63, 3.8) is 0 Å². The van der Waals surface area contributed by atoms with Crippen molar-refractivity contribution in [1.82, 2.24) is 15.0 Å². The number of para-hydroxylation sites is 1. The van der Waals surface area contributed by atoms with Crippen LogP contribution in [0, 0.1) is 5.92 Å². The van der Waals surface area contributed by atoms with Crippen LogP contribution in [-0.2, 0) is 11.2 Å². The molecule has 1 aromatic heterocycles. The molecule has 1 amide bonds. The van der Waals surface area contributed by atoms with Gasteiger partial charge in [-0.25, -0.2) is 0 Å². The molecule has 136 valence electrons. The molecule has 0 unspecified atom stereocenters. The molecule has 0 bridgehead atoms. The molecule has 2 heterocycles. The van der Waals surface area contributed by atoms with Gasteiger partial charge in [0.05, 0.1) is 13.0 Å². The zero-order chi connectivity index (χ0) is 17.9. The van der Waals surface area contributed by atoms with E-state index in [0.717, 1.165) is 30.6 Å². The number of amides is 1. The van der Waals surface area contributed by atoms with Crippen LogP contribution in [0.25, 0.3) is 0 Å². The Morgan fingerprint density at radius 2 is 2.15 bits per heavy atom. The number of likely N-dealkylation sites (tertiary alicyclic amines) is 1. The summed E-state index contributed by atoms with van der Waals surface area (Å²) in [6.07, 6.45) is 7.67. The first-order valence-electron chi connectivity index (χ1n) is 9.12. The maximum Gasteiger partial charge on any atom is 0.233 e. The first kappa shape index (κ1) is 16.8. The molecule has 1 saturated heterocycles. The minimum Gasteiger partial charge on any atom is -0.496 e. The Morgan fingerprint density at radius 1 is 1.31 bits per heavy atom. The lowest BCUT2D eigenvalue weighted by atomic mass is 9.90. The summed E-state index contributed by atoms with van der Waals surface area (Å²) in [5.41, 5.74) is 1.03. The summed E-state index contributed by atoms with van der Waals surface area (Å²) >= 11 is 0. The molecule has 0 spiro atoms. The molecule has 0 saturated carbocycles. The van der Waals surface area contributed by atoms with Crippen molar-refractivity contribution in [2.24, 2.45) is 5.92 Å². The highest BCUT2D eigenvalue weighted by molar-refractivity contribution is 5.80. The topological polar surface area (TPSA) is 68.5 Å². The molecule has 1 aliphatic heterocycles. The summed E-state index contributed by atoms with van der Waals surface area (Å²) in [6, 6.07) is 7.82. The van der Waals surface area contributed by atoms with Gasteiger partial charge in [0.1, 0.15) is 5.75 Å². The van der Waals surface area contributed by atoms with Crippen LogP contribution in [0.15, 0.2) is 40.9 Å². The normalized spacial score (nSPS) is 20.0. The molecule has 2 aromatic rings. The lowest BCUT2D eigenvalue weighted by molar-refractivity contribution is -0.140. The van der Waals surface area contributed by atoms with E-state index >= 15 is 0 Å². The molecule has 6 nitrogen and oxygen atoms in total. The number of rotatable bonds is 5. The minimum atomic E-state index is 0.143. The maximum absolute atomic E-state index is 12.5. The number of carbonyl (C=O) groups is 1. The number of hydrogen-bond acceptors (Lipinski definition) is 5. The van der Waals surface area contributed by atoms with E-state index in [2.05, 4.69) is 22.3 Å². The van der Waals surface area contributed by atoms with Crippen molar-refractivity contribution in [3.8, 4) is 5.75 Å². The summed E-state index contributed by atoms with van der Waals surface area (Å²) in [5, 5.41) is 4.10. The van der Waals surface area contributed by atoms with Gasteiger partial charge in [-0.05, 0) is 25.3 Å². The van der Waals surface area contributed by atoms with Gasteiger partial charge in [-0.1, -0.05) is 35.5 Å². The molecular formula is C20H23N3O3. The van der Waals surface area contributed by atoms with Crippen LogP contribution in [0.5, 0.6) is 5.75 Å². The molecule has 1 fully saturated rings. The lowest BCUT2D eigenvalue weighted by Crippen LogP contribution is -2.50. The molecule has 0 N–H and O–H groups in total. The number of hydrogen-bond donors (Lipinski definition) is 0. The lowest BCUT2D eigenvalue weighted by Gasteiger charge is -2.39. The fourth-order valence-corrected chi connectivity index (χ4v) is 3.62. The van der Waals surface area contributed by atoms with Gasteiger partial charge in [-0.15, -0.1) is 0 Å². The Bertz CT molecular complexity index is 808. The van der Waals surface area contributed by atoms with Crippen molar-refractivity contribution in [2.75, 3.05) is 20.2 Å². The summed E-state index contributed by atoms with van der Waals surface area (Å²) in [4.78, 5) is 18.9. The third-order valence-electron chi connectivity index (χ3n) is 5.19. The fraction of sp³-hybridized carbons (Fsp3) is 0.450. The number of nitrogens with zero attached hydrogens (tertiary/aromatic N) is 3. The van der Waals surface area contributed by atoms with Crippen molar-refractivity contribution >= 4 is 5.91 Å². The second-order valence-electron chi connectivity index (χ2n) is 6.96. The highest BCUT2D eigenvalue weighted by Crippen LogP contribution is 2.30. The summed E-state index contributed by atoms with van der Waals surface area (Å²) in [6.45, 7) is 1.35. The van der Waals surface area contributed by atoms with Crippen LogP contribution in [0.2, 0.25) is 0 Å². The molecule has 4 rings (SSSR count). The van der Waals surface area contributed by atoms with Crippen LogP contribution < -0.4 is 4.74 Å². The fourth-order valence-electron chi connectivity index (χ4n) is 3.62. The van der Waals surface area contributed by atoms with Crippen LogP contribution >= 0.6 is 0 Å². The molecule has 0 radical (unpaired) electrons. The zero-order valence-electron chi connectivity index (χ0n) is 14.9. The zero-order valence-corrected chi connectivity index (χ0v) is 14.9. The molecule has 2 aliphatic rings. The van der Waals surface area contributed by atoms with Crippen LogP contribution in [0.3, 0.4) is 0 Å². The number of carbonyl (C=O) groups excluding carboxylic acids is 1. The third kappa shape index (κ3) is 3.36. The average Bonchev–Trinajstić information content (AvgIpc) is 3.09. The van der Waals surface area contributed by atoms with Gasteiger partial charge in [0, 0.05) is 31.0 Å². The number of aromatic nitrogens is 2. The monoisotopic (exact) mass is 353 g/mol. The van der Waals surface area contributed by atoms with Crippen molar-refractivity contribution in [2.45, 2.75) is 31.6 Å². The molecule has 6 heteroatoms. The number of benzene rings is 1. The smallest absolute Gasteiger partial charge is 0.233 e. The second-order valence-corrected chi connectivity index (χ2v) is 6.96. The Kier molecular flexibility index (Phi) is 4.73. The van der Waals surface area contributed by atoms with E-state index in [-0.39, 0.29) is 17.7 Å². The highest BCUT2D eigenvalue weighted by Gasteiger charge is 2.38. The highest BCUT2D eigenvalue weighted by atomic mass is 16.5. The summed E-state index contributed by atoms with van der Waals surface area (Å²) in [5.74, 6) is 2.65. The van der Waals surface area contributed by atoms with E-state index in [0.29, 0.717) is 31.2 Å². The van der Waals surface area contributed by atoms with Gasteiger partial charge in [0.25, 0.3) is 0 Å². The van der Waals surface area contributed by atoms with Gasteiger partial charge < -0.3 is 14.2 Å². The second kappa shape index (κ2) is 7.32. The van der Waals surface area contributed by atoms with E-state index in [9.17, 15) is 4.79 Å². The number of allylic oxidation sites excluding steroid dienone is 2. The van der Waals surface area contributed by atoms with Gasteiger partial charge in [-0.2, -0.15) is 4.98 Å². The molecular weight excluding hydrogens is 330 g/mol. The van der Waals surface area contributed by atoms with Gasteiger partial charge in [0.2, 0.25) is 11.8 Å². The molecule has 1 aromatic carbocycles. The van der Waals surface area contributed by atoms with Gasteiger partial charge in [-0.3, -0.25) is 4.79 Å². The summed E-state index contributed by atoms with van der Waals surface area (Å²) in [7, 11) is 1.66. The number of ether oxygens (including phenoxy) is 1. The average molecular weight is 353 g/mol. The van der Waals surface area contributed by atoms with Crippen molar-refractivity contribution in [3.05, 3.63) is 53.7 Å². The van der Waals surface area contributed by atoms with E-state index in [4.69, 9.17) is 9.26 Å². The standard InChI is InChI=1S/C20H23N3O3/c1-25-17-10-6-5-9-15(17)11-18-21-19(26-22-18)16-12-23(13-16)20(24)14-7-3-2-4-8-14/h2-3,5-6,9-10,14,16H,4,7-8,11-13H2,1H3/t14-/m0/s1. The largest absolute Gasteiger partial charge is 0.496 e. The molecule has 26 heavy (non-hydrogen) atoms. The molecule has 1 atom stereocenters.